The second-order valence-electron chi connectivity index (χ2n) is 7.62. The minimum atomic E-state index is -1.27. The summed E-state index contributed by atoms with van der Waals surface area (Å²) >= 11 is 6.08. The first-order valence-corrected chi connectivity index (χ1v) is 10.6. The second-order valence-corrected chi connectivity index (χ2v) is 8.05. The van der Waals surface area contributed by atoms with Crippen LogP contribution >= 0.6 is 11.6 Å². The highest BCUT2D eigenvalue weighted by Gasteiger charge is 2.36. The van der Waals surface area contributed by atoms with E-state index in [1.807, 2.05) is 0 Å². The zero-order valence-electron chi connectivity index (χ0n) is 17.9. The molecule has 2 aromatic rings. The molecule has 1 saturated heterocycles. The molecule has 1 fully saturated rings. The van der Waals surface area contributed by atoms with Gasteiger partial charge in [-0.15, -0.1) is 0 Å². The Kier molecular flexibility index (Phi) is 7.89. The average molecular weight is 474 g/mol. The SMILES string of the molecule is COc1ccc(Cl)cc1CC1CNC(=O)CN(C(=O)NC(Cc2ccccc2)C(=O)O)C1=O. The summed E-state index contributed by atoms with van der Waals surface area (Å²) in [5, 5.41) is 15.0. The van der Waals surface area contributed by atoms with E-state index in [0.29, 0.717) is 21.9 Å². The van der Waals surface area contributed by atoms with E-state index in [0.717, 1.165) is 4.90 Å². The van der Waals surface area contributed by atoms with Crippen LogP contribution in [0.2, 0.25) is 5.02 Å². The maximum absolute atomic E-state index is 13.2. The Bertz CT molecular complexity index is 1050. The molecule has 1 aliphatic heterocycles. The minimum Gasteiger partial charge on any atom is -0.496 e. The van der Waals surface area contributed by atoms with Crippen molar-refractivity contribution < 1.29 is 29.0 Å². The number of carboxylic acids is 1. The molecule has 0 saturated carbocycles. The zero-order valence-corrected chi connectivity index (χ0v) is 18.7. The summed E-state index contributed by atoms with van der Waals surface area (Å²) in [6, 6.07) is 11.5. The number of aliphatic carboxylic acids is 1. The van der Waals surface area contributed by atoms with Crippen molar-refractivity contribution in [3.63, 3.8) is 0 Å². The van der Waals surface area contributed by atoms with Gasteiger partial charge in [-0.1, -0.05) is 41.9 Å². The summed E-state index contributed by atoms with van der Waals surface area (Å²) in [7, 11) is 1.49. The largest absolute Gasteiger partial charge is 0.496 e. The molecule has 2 atom stereocenters. The summed E-state index contributed by atoms with van der Waals surface area (Å²) < 4.78 is 5.32. The highest BCUT2D eigenvalue weighted by Crippen LogP contribution is 2.26. The number of benzene rings is 2. The number of methoxy groups -OCH3 is 1. The molecule has 1 heterocycles. The average Bonchev–Trinajstić information content (AvgIpc) is 2.93. The van der Waals surface area contributed by atoms with E-state index in [-0.39, 0.29) is 19.4 Å². The molecular formula is C23H24ClN3O6. The van der Waals surface area contributed by atoms with Crippen LogP contribution in [-0.2, 0) is 27.2 Å². The van der Waals surface area contributed by atoms with E-state index in [1.54, 1.807) is 48.5 Å². The number of rotatable bonds is 7. The molecule has 33 heavy (non-hydrogen) atoms. The van der Waals surface area contributed by atoms with Crippen molar-refractivity contribution in [2.24, 2.45) is 5.92 Å². The molecule has 0 spiro atoms. The number of carboxylic acid groups (broad SMARTS) is 1. The maximum Gasteiger partial charge on any atom is 0.326 e. The number of carbonyl (C=O) groups excluding carboxylic acids is 3. The fourth-order valence-corrected chi connectivity index (χ4v) is 3.80. The highest BCUT2D eigenvalue weighted by molar-refractivity contribution is 6.30. The van der Waals surface area contributed by atoms with Crippen molar-refractivity contribution in [1.29, 1.82) is 0 Å². The molecule has 0 radical (unpaired) electrons. The van der Waals surface area contributed by atoms with Crippen LogP contribution in [0.25, 0.3) is 0 Å². The number of nitrogens with one attached hydrogen (secondary N) is 2. The predicted octanol–water partition coefficient (Wildman–Crippen LogP) is 1.87. The predicted molar refractivity (Wildman–Crippen MR) is 120 cm³/mol. The monoisotopic (exact) mass is 473 g/mol. The molecule has 4 amide bonds. The first-order chi connectivity index (χ1) is 15.8. The normalized spacial score (nSPS) is 17.0. The van der Waals surface area contributed by atoms with Gasteiger partial charge in [-0.05, 0) is 35.7 Å². The number of carbonyl (C=O) groups is 4. The maximum atomic E-state index is 13.2. The number of imide groups is 1. The van der Waals surface area contributed by atoms with Gasteiger partial charge in [0.2, 0.25) is 11.8 Å². The van der Waals surface area contributed by atoms with E-state index in [9.17, 15) is 24.3 Å². The number of hydrogen-bond donors (Lipinski definition) is 3. The standard InChI is InChI=1S/C23H24ClN3O6/c1-33-19-8-7-17(24)11-15(19)10-16-12-25-20(28)13-27(21(16)29)23(32)26-18(22(30)31)9-14-5-3-2-4-6-14/h2-8,11,16,18H,9-10,12-13H2,1H3,(H,25,28)(H,26,32)(H,30,31). The van der Waals surface area contributed by atoms with Crippen LogP contribution in [0.4, 0.5) is 4.79 Å². The number of nitrogens with zero attached hydrogens (tertiary/aromatic N) is 1. The molecule has 3 rings (SSSR count). The Morgan fingerprint density at radius 3 is 2.64 bits per heavy atom. The van der Waals surface area contributed by atoms with Gasteiger partial charge in [0.05, 0.1) is 13.0 Å². The number of ether oxygens (including phenoxy) is 1. The summed E-state index contributed by atoms with van der Waals surface area (Å²) in [5.41, 5.74) is 1.35. The molecule has 0 bridgehead atoms. The van der Waals surface area contributed by atoms with Gasteiger partial charge < -0.3 is 20.5 Å². The fraction of sp³-hybridized carbons (Fsp3) is 0.304. The van der Waals surface area contributed by atoms with Gasteiger partial charge in [0.25, 0.3) is 0 Å². The van der Waals surface area contributed by atoms with Crippen LogP contribution in [0.1, 0.15) is 11.1 Å². The van der Waals surface area contributed by atoms with E-state index < -0.39 is 42.3 Å². The Balaban J connectivity index is 1.78. The van der Waals surface area contributed by atoms with Crippen molar-refractivity contribution in [2.75, 3.05) is 20.2 Å². The molecule has 0 aromatic heterocycles. The van der Waals surface area contributed by atoms with Crippen molar-refractivity contribution >= 4 is 35.4 Å². The van der Waals surface area contributed by atoms with E-state index in [1.165, 1.54) is 7.11 Å². The summed E-state index contributed by atoms with van der Waals surface area (Å²) in [6.07, 6.45) is 0.193. The summed E-state index contributed by atoms with van der Waals surface area (Å²) in [6.45, 7) is -0.491. The molecule has 2 unspecified atom stereocenters. The van der Waals surface area contributed by atoms with Gasteiger partial charge in [-0.25, -0.2) is 9.59 Å². The molecule has 2 aromatic carbocycles. The number of hydrogen-bond acceptors (Lipinski definition) is 5. The van der Waals surface area contributed by atoms with Gasteiger partial charge in [-0.3, -0.25) is 14.5 Å². The van der Waals surface area contributed by atoms with Crippen molar-refractivity contribution in [3.8, 4) is 5.75 Å². The van der Waals surface area contributed by atoms with Gasteiger partial charge in [0, 0.05) is 18.0 Å². The van der Waals surface area contributed by atoms with Crippen molar-refractivity contribution in [1.82, 2.24) is 15.5 Å². The third-order valence-corrected chi connectivity index (χ3v) is 5.53. The first kappa shape index (κ1) is 24.1. The molecular weight excluding hydrogens is 450 g/mol. The Labute approximate surface area is 195 Å². The van der Waals surface area contributed by atoms with Crippen molar-refractivity contribution in [3.05, 3.63) is 64.7 Å². The highest BCUT2D eigenvalue weighted by atomic mass is 35.5. The third kappa shape index (κ3) is 6.23. The number of urea groups is 1. The van der Waals surface area contributed by atoms with E-state index in [2.05, 4.69) is 10.6 Å². The van der Waals surface area contributed by atoms with Crippen LogP contribution in [0.5, 0.6) is 5.75 Å². The Hall–Kier alpha value is -3.59. The number of amides is 4. The van der Waals surface area contributed by atoms with Gasteiger partial charge in [-0.2, -0.15) is 0 Å². The second kappa shape index (κ2) is 10.8. The minimum absolute atomic E-state index is 0.0173. The lowest BCUT2D eigenvalue weighted by molar-refractivity contribution is -0.139. The van der Waals surface area contributed by atoms with Gasteiger partial charge in [0.15, 0.2) is 0 Å². The molecule has 1 aliphatic rings. The van der Waals surface area contributed by atoms with Crippen LogP contribution in [0.3, 0.4) is 0 Å². The van der Waals surface area contributed by atoms with E-state index in [4.69, 9.17) is 16.3 Å². The van der Waals surface area contributed by atoms with Crippen LogP contribution < -0.4 is 15.4 Å². The smallest absolute Gasteiger partial charge is 0.326 e. The van der Waals surface area contributed by atoms with Gasteiger partial charge in [0.1, 0.15) is 18.3 Å². The summed E-state index contributed by atoms with van der Waals surface area (Å²) in [5.74, 6) is -2.62. The molecule has 3 N–H and O–H groups in total. The lowest BCUT2D eigenvalue weighted by atomic mass is 9.97. The molecule has 9 nitrogen and oxygen atoms in total. The fourth-order valence-electron chi connectivity index (χ4n) is 3.60. The quantitative estimate of drug-likeness (QED) is 0.563. The van der Waals surface area contributed by atoms with Crippen LogP contribution in [0, 0.1) is 5.92 Å². The molecule has 174 valence electrons. The molecule has 0 aliphatic carbocycles. The Morgan fingerprint density at radius 1 is 1.24 bits per heavy atom. The van der Waals surface area contributed by atoms with Crippen LogP contribution in [-0.4, -0.2) is 60.1 Å². The van der Waals surface area contributed by atoms with Crippen LogP contribution in [0.15, 0.2) is 48.5 Å². The molecule has 10 heteroatoms. The topological polar surface area (TPSA) is 125 Å². The lowest BCUT2D eigenvalue weighted by Crippen LogP contribution is -2.53. The van der Waals surface area contributed by atoms with Gasteiger partial charge >= 0.3 is 12.0 Å². The zero-order chi connectivity index (χ0) is 24.0. The lowest BCUT2D eigenvalue weighted by Gasteiger charge is -2.24. The van der Waals surface area contributed by atoms with E-state index >= 15 is 0 Å². The summed E-state index contributed by atoms with van der Waals surface area (Å²) in [4.78, 5) is 50.7. The van der Waals surface area contributed by atoms with Crippen molar-refractivity contribution in [2.45, 2.75) is 18.9 Å². The Morgan fingerprint density at radius 2 is 1.97 bits per heavy atom. The first-order valence-electron chi connectivity index (χ1n) is 10.3. The third-order valence-electron chi connectivity index (χ3n) is 5.29. The number of halogens is 1.